The van der Waals surface area contributed by atoms with Crippen LogP contribution in [-0.2, 0) is 16.1 Å². The van der Waals surface area contributed by atoms with E-state index in [0.29, 0.717) is 18.6 Å². The summed E-state index contributed by atoms with van der Waals surface area (Å²) in [5.74, 6) is 0.421. The largest absolute Gasteiger partial charge is 0.497 e. The highest BCUT2D eigenvalue weighted by Gasteiger charge is 2.40. The molecule has 3 atom stereocenters. The van der Waals surface area contributed by atoms with Gasteiger partial charge >= 0.3 is 5.97 Å². The van der Waals surface area contributed by atoms with Crippen molar-refractivity contribution in [2.24, 2.45) is 5.41 Å². The van der Waals surface area contributed by atoms with E-state index in [0.717, 1.165) is 16.9 Å². The zero-order chi connectivity index (χ0) is 21.7. The molecular formula is C25H30O5. The zero-order valence-electron chi connectivity index (χ0n) is 18.0. The molecule has 1 N–H and O–H groups in total. The van der Waals surface area contributed by atoms with Crippen LogP contribution in [0.1, 0.15) is 43.1 Å². The molecule has 0 fully saturated rings. The number of esters is 1. The molecule has 0 aromatic heterocycles. The molecule has 5 heteroatoms. The van der Waals surface area contributed by atoms with Crippen LogP contribution in [0.5, 0.6) is 5.75 Å². The zero-order valence-corrected chi connectivity index (χ0v) is 18.0. The molecule has 3 rings (SSSR count). The minimum absolute atomic E-state index is 0.361. The van der Waals surface area contributed by atoms with Crippen molar-refractivity contribution >= 4 is 5.97 Å². The molecule has 0 saturated carbocycles. The summed E-state index contributed by atoms with van der Waals surface area (Å²) in [6.07, 6.45) is 0.745. The first-order valence-corrected chi connectivity index (χ1v) is 10.2. The highest BCUT2D eigenvalue weighted by molar-refractivity contribution is 5.89. The predicted molar refractivity (Wildman–Crippen MR) is 115 cm³/mol. The van der Waals surface area contributed by atoms with Crippen LogP contribution in [0.4, 0.5) is 0 Å². The van der Waals surface area contributed by atoms with Gasteiger partial charge in [-0.15, -0.1) is 0 Å². The van der Waals surface area contributed by atoms with Crippen molar-refractivity contribution in [1.29, 1.82) is 0 Å². The smallest absolute Gasteiger partial charge is 0.338 e. The Labute approximate surface area is 178 Å². The van der Waals surface area contributed by atoms with Gasteiger partial charge in [-0.2, -0.15) is 0 Å². The molecule has 1 aliphatic rings. The first-order valence-electron chi connectivity index (χ1n) is 10.2. The summed E-state index contributed by atoms with van der Waals surface area (Å²) in [6.45, 7) is 6.22. The maximum absolute atomic E-state index is 12.6. The number of ether oxygens (including phenoxy) is 3. The van der Waals surface area contributed by atoms with Crippen molar-refractivity contribution in [3.8, 4) is 5.75 Å². The van der Waals surface area contributed by atoms with Crippen LogP contribution >= 0.6 is 0 Å². The summed E-state index contributed by atoms with van der Waals surface area (Å²) in [7, 11) is 1.63. The molecule has 0 radical (unpaired) electrons. The predicted octanol–water partition coefficient (Wildman–Crippen LogP) is 4.54. The monoisotopic (exact) mass is 410 g/mol. The summed E-state index contributed by atoms with van der Waals surface area (Å²) >= 11 is 0. The van der Waals surface area contributed by atoms with Crippen LogP contribution in [0, 0.1) is 5.41 Å². The molecule has 1 aliphatic carbocycles. The van der Waals surface area contributed by atoms with Gasteiger partial charge in [-0.05, 0) is 54.2 Å². The SMILES string of the molecule is COc1ccc(COC2C=C(C)C(OC(=O)c3ccccc3)CC(C)(C)C2O)cc1. The Bertz CT molecular complexity index is 870. The molecule has 0 amide bonds. The average molecular weight is 411 g/mol. The Hall–Kier alpha value is -2.63. The van der Waals surface area contributed by atoms with Crippen molar-refractivity contribution in [3.63, 3.8) is 0 Å². The summed E-state index contributed by atoms with van der Waals surface area (Å²) in [5, 5.41) is 11.0. The summed E-state index contributed by atoms with van der Waals surface area (Å²) < 4.78 is 17.1. The van der Waals surface area contributed by atoms with Gasteiger partial charge in [0.15, 0.2) is 0 Å². The van der Waals surface area contributed by atoms with E-state index in [4.69, 9.17) is 14.2 Å². The maximum Gasteiger partial charge on any atom is 0.338 e. The Morgan fingerprint density at radius 2 is 1.77 bits per heavy atom. The third-order valence-electron chi connectivity index (χ3n) is 5.62. The lowest BCUT2D eigenvalue weighted by atomic mass is 9.80. The number of hydrogen-bond donors (Lipinski definition) is 1. The van der Waals surface area contributed by atoms with Gasteiger partial charge in [0, 0.05) is 0 Å². The molecule has 0 saturated heterocycles. The molecule has 2 aromatic rings. The van der Waals surface area contributed by atoms with Crippen molar-refractivity contribution < 1.29 is 24.1 Å². The number of carbonyl (C=O) groups excluding carboxylic acids is 1. The van der Waals surface area contributed by atoms with E-state index in [2.05, 4.69) is 0 Å². The van der Waals surface area contributed by atoms with Crippen LogP contribution in [-0.4, -0.2) is 36.5 Å². The van der Waals surface area contributed by atoms with Gasteiger partial charge < -0.3 is 19.3 Å². The quantitative estimate of drug-likeness (QED) is 0.559. The van der Waals surface area contributed by atoms with Crippen molar-refractivity contribution in [2.75, 3.05) is 7.11 Å². The van der Waals surface area contributed by atoms with Gasteiger partial charge in [0.1, 0.15) is 18.0 Å². The van der Waals surface area contributed by atoms with E-state index in [1.54, 1.807) is 19.2 Å². The molecule has 0 bridgehead atoms. The number of methoxy groups -OCH3 is 1. The Morgan fingerprint density at radius 1 is 1.10 bits per heavy atom. The Balaban J connectivity index is 1.73. The minimum Gasteiger partial charge on any atom is -0.497 e. The lowest BCUT2D eigenvalue weighted by Crippen LogP contribution is -2.40. The molecule has 160 valence electrons. The molecule has 30 heavy (non-hydrogen) atoms. The van der Waals surface area contributed by atoms with E-state index in [-0.39, 0.29) is 5.97 Å². The number of carbonyl (C=O) groups is 1. The third kappa shape index (κ3) is 5.29. The number of benzene rings is 2. The minimum atomic E-state index is -0.730. The van der Waals surface area contributed by atoms with E-state index >= 15 is 0 Å². The lowest BCUT2D eigenvalue weighted by Gasteiger charge is -2.34. The van der Waals surface area contributed by atoms with Gasteiger partial charge in [0.05, 0.1) is 25.4 Å². The van der Waals surface area contributed by atoms with Gasteiger partial charge in [0.25, 0.3) is 0 Å². The van der Waals surface area contributed by atoms with Gasteiger partial charge in [0.2, 0.25) is 0 Å². The summed E-state index contributed by atoms with van der Waals surface area (Å²) in [4.78, 5) is 12.6. The van der Waals surface area contributed by atoms with Crippen molar-refractivity contribution in [3.05, 3.63) is 77.4 Å². The average Bonchev–Trinajstić information content (AvgIpc) is 2.83. The second-order valence-electron chi connectivity index (χ2n) is 8.43. The number of rotatable bonds is 6. The van der Waals surface area contributed by atoms with Crippen LogP contribution in [0.3, 0.4) is 0 Å². The fourth-order valence-corrected chi connectivity index (χ4v) is 3.62. The van der Waals surface area contributed by atoms with Gasteiger partial charge in [-0.3, -0.25) is 0 Å². The molecule has 0 aliphatic heterocycles. The first kappa shape index (κ1) is 22.1. The van der Waals surface area contributed by atoms with E-state index in [1.165, 1.54) is 0 Å². The van der Waals surface area contributed by atoms with E-state index in [1.807, 2.05) is 69.3 Å². The van der Waals surface area contributed by atoms with Crippen molar-refractivity contribution in [2.45, 2.75) is 52.1 Å². The second-order valence-corrected chi connectivity index (χ2v) is 8.43. The molecule has 2 aromatic carbocycles. The van der Waals surface area contributed by atoms with E-state index in [9.17, 15) is 9.90 Å². The number of aliphatic hydroxyl groups is 1. The Kier molecular flexibility index (Phi) is 6.95. The standard InChI is InChI=1S/C25H30O5/c1-17-14-21(29-16-18-10-12-20(28-4)13-11-18)23(26)25(2,3)15-22(17)30-24(27)19-8-6-5-7-9-19/h5-14,21-23,26H,15-16H2,1-4H3. The van der Waals surface area contributed by atoms with Crippen molar-refractivity contribution in [1.82, 2.24) is 0 Å². The number of aliphatic hydroxyl groups excluding tert-OH is 1. The summed E-state index contributed by atoms with van der Waals surface area (Å²) in [5.41, 5.74) is 1.88. The van der Waals surface area contributed by atoms with Crippen LogP contribution < -0.4 is 4.74 Å². The first-order chi connectivity index (χ1) is 14.3. The molecule has 3 unspecified atom stereocenters. The van der Waals surface area contributed by atoms with Gasteiger partial charge in [-0.1, -0.05) is 50.3 Å². The topological polar surface area (TPSA) is 65.0 Å². The fourth-order valence-electron chi connectivity index (χ4n) is 3.62. The van der Waals surface area contributed by atoms with Crippen LogP contribution in [0.2, 0.25) is 0 Å². The molecule has 0 heterocycles. The third-order valence-corrected chi connectivity index (χ3v) is 5.62. The highest BCUT2D eigenvalue weighted by Crippen LogP contribution is 2.37. The maximum atomic E-state index is 12.6. The van der Waals surface area contributed by atoms with Crippen LogP contribution in [0.15, 0.2) is 66.2 Å². The number of hydrogen-bond acceptors (Lipinski definition) is 5. The van der Waals surface area contributed by atoms with Crippen LogP contribution in [0.25, 0.3) is 0 Å². The highest BCUT2D eigenvalue weighted by atomic mass is 16.5. The van der Waals surface area contributed by atoms with E-state index < -0.39 is 23.7 Å². The van der Waals surface area contributed by atoms with Gasteiger partial charge in [-0.25, -0.2) is 4.79 Å². The Morgan fingerprint density at radius 3 is 2.40 bits per heavy atom. The summed E-state index contributed by atoms with van der Waals surface area (Å²) in [6, 6.07) is 16.6. The lowest BCUT2D eigenvalue weighted by molar-refractivity contribution is -0.0764. The molecular weight excluding hydrogens is 380 g/mol. The second kappa shape index (κ2) is 9.45. The fraction of sp³-hybridized carbons (Fsp3) is 0.400. The normalized spacial score (nSPS) is 23.2. The molecule has 0 spiro atoms. The molecule has 5 nitrogen and oxygen atoms in total.